The summed E-state index contributed by atoms with van der Waals surface area (Å²) in [4.78, 5) is 16.9. The summed E-state index contributed by atoms with van der Waals surface area (Å²) in [7, 11) is 0. The fraction of sp³-hybridized carbons (Fsp3) is 0.294. The van der Waals surface area contributed by atoms with Crippen LogP contribution in [0.4, 0.5) is 5.13 Å². The molecule has 1 aromatic carbocycles. The van der Waals surface area contributed by atoms with E-state index in [9.17, 15) is 4.79 Å². The molecule has 3 atom stereocenters. The molecule has 21 heavy (non-hydrogen) atoms. The molecule has 3 nitrogen and oxygen atoms in total. The van der Waals surface area contributed by atoms with Crippen LogP contribution in [0.15, 0.2) is 47.9 Å². The number of carbonyl (C=O) groups is 1. The van der Waals surface area contributed by atoms with E-state index >= 15 is 0 Å². The standard InChI is InChI=1S/C17H16N2OS/c20-16(14-9-11-6-7-13(14)8-11)19-17-18-15(10-21-17)12-4-2-1-3-5-12/h1-7,10-11,13-14H,8-9H2,(H,18,19,20). The van der Waals surface area contributed by atoms with Gasteiger partial charge in [-0.3, -0.25) is 4.79 Å². The van der Waals surface area contributed by atoms with Gasteiger partial charge in [0.2, 0.25) is 5.91 Å². The molecule has 4 heteroatoms. The third-order valence-corrected chi connectivity index (χ3v) is 5.18. The van der Waals surface area contributed by atoms with Gasteiger partial charge in [-0.05, 0) is 24.7 Å². The number of amides is 1. The molecule has 1 saturated carbocycles. The quantitative estimate of drug-likeness (QED) is 0.871. The first-order valence-electron chi connectivity index (χ1n) is 7.30. The molecule has 2 aliphatic rings. The first kappa shape index (κ1) is 12.8. The topological polar surface area (TPSA) is 42.0 Å². The highest BCUT2D eigenvalue weighted by molar-refractivity contribution is 7.14. The van der Waals surface area contributed by atoms with Crippen molar-refractivity contribution in [2.45, 2.75) is 12.8 Å². The van der Waals surface area contributed by atoms with Crippen molar-refractivity contribution in [1.82, 2.24) is 4.98 Å². The van der Waals surface area contributed by atoms with Gasteiger partial charge in [0.15, 0.2) is 5.13 Å². The SMILES string of the molecule is O=C(Nc1nc(-c2ccccc2)cs1)C1CC2C=CC1C2. The lowest BCUT2D eigenvalue weighted by Gasteiger charge is -2.16. The number of benzene rings is 1. The molecule has 0 aliphatic heterocycles. The average Bonchev–Trinajstić information content (AvgIpc) is 3.24. The van der Waals surface area contributed by atoms with Gasteiger partial charge >= 0.3 is 0 Å². The minimum Gasteiger partial charge on any atom is -0.302 e. The summed E-state index contributed by atoms with van der Waals surface area (Å²) in [6.45, 7) is 0. The van der Waals surface area contributed by atoms with Gasteiger partial charge in [0, 0.05) is 16.9 Å². The average molecular weight is 296 g/mol. The van der Waals surface area contributed by atoms with E-state index in [4.69, 9.17) is 0 Å². The Morgan fingerprint density at radius 2 is 2.05 bits per heavy atom. The minimum atomic E-state index is 0.126. The second-order valence-electron chi connectivity index (χ2n) is 5.78. The molecule has 2 aliphatic carbocycles. The van der Waals surface area contributed by atoms with E-state index in [-0.39, 0.29) is 11.8 Å². The molecule has 2 bridgehead atoms. The molecule has 106 valence electrons. The Bertz CT molecular complexity index is 692. The second-order valence-corrected chi connectivity index (χ2v) is 6.64. The highest BCUT2D eigenvalue weighted by Crippen LogP contribution is 2.43. The van der Waals surface area contributed by atoms with E-state index in [2.05, 4.69) is 22.5 Å². The number of allylic oxidation sites excluding steroid dienone is 2. The molecule has 0 radical (unpaired) electrons. The summed E-state index contributed by atoms with van der Waals surface area (Å²) in [5.74, 6) is 1.30. The van der Waals surface area contributed by atoms with E-state index in [0.717, 1.165) is 24.1 Å². The van der Waals surface area contributed by atoms with Crippen LogP contribution in [0, 0.1) is 17.8 Å². The van der Waals surface area contributed by atoms with Gasteiger partial charge < -0.3 is 5.32 Å². The summed E-state index contributed by atoms with van der Waals surface area (Å²) >= 11 is 1.49. The maximum atomic E-state index is 12.4. The van der Waals surface area contributed by atoms with Crippen molar-refractivity contribution < 1.29 is 4.79 Å². The number of thiazole rings is 1. The maximum absolute atomic E-state index is 12.4. The fourth-order valence-electron chi connectivity index (χ4n) is 3.35. The number of aromatic nitrogens is 1. The molecule has 4 rings (SSSR count). The van der Waals surface area contributed by atoms with Crippen molar-refractivity contribution in [3.05, 3.63) is 47.9 Å². The number of hydrogen-bond donors (Lipinski definition) is 1. The van der Waals surface area contributed by atoms with E-state index in [0.29, 0.717) is 17.0 Å². The van der Waals surface area contributed by atoms with E-state index < -0.39 is 0 Å². The van der Waals surface area contributed by atoms with Crippen LogP contribution in [0.25, 0.3) is 11.3 Å². The molecule has 1 N–H and O–H groups in total. The largest absolute Gasteiger partial charge is 0.302 e. The number of fused-ring (bicyclic) bond motifs is 2. The number of anilines is 1. The van der Waals surface area contributed by atoms with Crippen LogP contribution in [0.3, 0.4) is 0 Å². The van der Waals surface area contributed by atoms with Crippen LogP contribution < -0.4 is 5.32 Å². The van der Waals surface area contributed by atoms with Crippen molar-refractivity contribution in [1.29, 1.82) is 0 Å². The number of hydrogen-bond acceptors (Lipinski definition) is 3. The summed E-state index contributed by atoms with van der Waals surface area (Å²) in [5, 5.41) is 5.68. The number of nitrogens with zero attached hydrogens (tertiary/aromatic N) is 1. The number of nitrogens with one attached hydrogen (secondary N) is 1. The maximum Gasteiger partial charge on any atom is 0.229 e. The second kappa shape index (κ2) is 5.11. The molecular weight excluding hydrogens is 280 g/mol. The lowest BCUT2D eigenvalue weighted by molar-refractivity contribution is -0.120. The zero-order valence-corrected chi connectivity index (χ0v) is 12.3. The normalized spacial score (nSPS) is 26.2. The number of carbonyl (C=O) groups excluding carboxylic acids is 1. The van der Waals surface area contributed by atoms with Crippen LogP contribution in [-0.4, -0.2) is 10.9 Å². The van der Waals surface area contributed by atoms with Crippen molar-refractivity contribution in [2.75, 3.05) is 5.32 Å². The number of rotatable bonds is 3. The smallest absolute Gasteiger partial charge is 0.229 e. The van der Waals surface area contributed by atoms with Crippen molar-refractivity contribution in [3.8, 4) is 11.3 Å². The minimum absolute atomic E-state index is 0.126. The summed E-state index contributed by atoms with van der Waals surface area (Å²) in [6, 6.07) is 10.0. The third-order valence-electron chi connectivity index (χ3n) is 4.42. The van der Waals surface area contributed by atoms with Crippen LogP contribution >= 0.6 is 11.3 Å². The van der Waals surface area contributed by atoms with E-state index in [1.807, 2.05) is 35.7 Å². The Morgan fingerprint density at radius 3 is 2.76 bits per heavy atom. The Morgan fingerprint density at radius 1 is 1.19 bits per heavy atom. The summed E-state index contributed by atoms with van der Waals surface area (Å²) in [5.41, 5.74) is 2.00. The van der Waals surface area contributed by atoms with Gasteiger partial charge in [-0.2, -0.15) is 0 Å². The first-order chi connectivity index (χ1) is 10.3. The molecule has 0 spiro atoms. The van der Waals surface area contributed by atoms with Gasteiger partial charge in [0.1, 0.15) is 0 Å². The lowest BCUT2D eigenvalue weighted by Crippen LogP contribution is -2.25. The van der Waals surface area contributed by atoms with Crippen LogP contribution in [-0.2, 0) is 4.79 Å². The Kier molecular flexibility index (Phi) is 3.11. The van der Waals surface area contributed by atoms with Gasteiger partial charge in [-0.1, -0.05) is 42.5 Å². The zero-order valence-electron chi connectivity index (χ0n) is 11.5. The van der Waals surface area contributed by atoms with Gasteiger partial charge in [0.25, 0.3) is 0 Å². The predicted molar refractivity (Wildman–Crippen MR) is 85.0 cm³/mol. The molecule has 1 heterocycles. The Labute approximate surface area is 127 Å². The molecule has 0 saturated heterocycles. The lowest BCUT2D eigenvalue weighted by atomic mass is 9.93. The molecule has 1 fully saturated rings. The molecular formula is C17H16N2OS. The molecule has 2 aromatic rings. The van der Waals surface area contributed by atoms with Gasteiger partial charge in [0.05, 0.1) is 5.69 Å². The van der Waals surface area contributed by atoms with Gasteiger partial charge in [-0.15, -0.1) is 11.3 Å². The first-order valence-corrected chi connectivity index (χ1v) is 8.18. The molecule has 1 amide bonds. The third kappa shape index (κ3) is 2.40. The summed E-state index contributed by atoms with van der Waals surface area (Å²) in [6.07, 6.45) is 6.59. The van der Waals surface area contributed by atoms with E-state index in [1.54, 1.807) is 0 Å². The van der Waals surface area contributed by atoms with Gasteiger partial charge in [-0.25, -0.2) is 4.98 Å². The predicted octanol–water partition coefficient (Wildman–Crippen LogP) is 3.96. The Balaban J connectivity index is 1.47. The summed E-state index contributed by atoms with van der Waals surface area (Å²) < 4.78 is 0. The van der Waals surface area contributed by atoms with Crippen molar-refractivity contribution >= 4 is 22.4 Å². The Hall–Kier alpha value is -1.94. The van der Waals surface area contributed by atoms with Crippen molar-refractivity contribution in [2.24, 2.45) is 17.8 Å². The van der Waals surface area contributed by atoms with E-state index in [1.165, 1.54) is 11.3 Å². The zero-order chi connectivity index (χ0) is 14.2. The van der Waals surface area contributed by atoms with Crippen LogP contribution in [0.1, 0.15) is 12.8 Å². The monoisotopic (exact) mass is 296 g/mol. The fourth-order valence-corrected chi connectivity index (χ4v) is 4.08. The van der Waals surface area contributed by atoms with Crippen molar-refractivity contribution in [3.63, 3.8) is 0 Å². The molecule has 1 aromatic heterocycles. The van der Waals surface area contributed by atoms with Crippen LogP contribution in [0.5, 0.6) is 0 Å². The van der Waals surface area contributed by atoms with Crippen LogP contribution in [0.2, 0.25) is 0 Å². The highest BCUT2D eigenvalue weighted by atomic mass is 32.1. The highest BCUT2D eigenvalue weighted by Gasteiger charge is 2.39. The molecule has 3 unspecified atom stereocenters.